The predicted molar refractivity (Wildman–Crippen MR) is 108 cm³/mol. The van der Waals surface area contributed by atoms with Gasteiger partial charge in [0.2, 0.25) is 5.13 Å². The fraction of sp³-hybridized carbons (Fsp3) is 0.350. The SMILES string of the molecule is COc1ccc(-c2csc(-n3ncc(C(=O)NCCC(C)C)c3C)n2)cc1. The molecule has 0 fully saturated rings. The van der Waals surface area contributed by atoms with Gasteiger partial charge < -0.3 is 10.1 Å². The van der Waals surface area contributed by atoms with Gasteiger partial charge in [-0.15, -0.1) is 11.3 Å². The average Bonchev–Trinajstić information content (AvgIpc) is 3.28. The van der Waals surface area contributed by atoms with Gasteiger partial charge in [-0.2, -0.15) is 5.10 Å². The molecule has 0 saturated carbocycles. The molecule has 0 bridgehead atoms. The maximum Gasteiger partial charge on any atom is 0.254 e. The van der Waals surface area contributed by atoms with E-state index in [2.05, 4.69) is 29.2 Å². The van der Waals surface area contributed by atoms with Crippen molar-refractivity contribution < 1.29 is 9.53 Å². The zero-order valence-electron chi connectivity index (χ0n) is 16.0. The summed E-state index contributed by atoms with van der Waals surface area (Å²) in [5, 5.41) is 10.0. The Morgan fingerprint density at radius 2 is 2.04 bits per heavy atom. The Morgan fingerprint density at radius 3 is 2.70 bits per heavy atom. The molecule has 142 valence electrons. The van der Waals surface area contributed by atoms with Gasteiger partial charge in [0.1, 0.15) is 5.75 Å². The second kappa shape index (κ2) is 8.35. The van der Waals surface area contributed by atoms with Crippen LogP contribution in [0.4, 0.5) is 0 Å². The van der Waals surface area contributed by atoms with Crippen LogP contribution in [0, 0.1) is 12.8 Å². The van der Waals surface area contributed by atoms with E-state index in [9.17, 15) is 4.79 Å². The lowest BCUT2D eigenvalue weighted by Crippen LogP contribution is -2.25. The molecule has 1 amide bonds. The van der Waals surface area contributed by atoms with Crippen LogP contribution in [0.1, 0.15) is 36.3 Å². The number of nitrogens with one attached hydrogen (secondary N) is 1. The van der Waals surface area contributed by atoms with Gasteiger partial charge in [-0.25, -0.2) is 9.67 Å². The van der Waals surface area contributed by atoms with E-state index in [-0.39, 0.29) is 5.91 Å². The molecule has 0 atom stereocenters. The molecule has 7 heteroatoms. The van der Waals surface area contributed by atoms with Crippen molar-refractivity contribution in [1.29, 1.82) is 0 Å². The fourth-order valence-electron chi connectivity index (χ4n) is 2.65. The van der Waals surface area contributed by atoms with E-state index in [1.807, 2.05) is 36.6 Å². The molecular formula is C20H24N4O2S. The maximum atomic E-state index is 12.4. The molecule has 0 spiro atoms. The lowest BCUT2D eigenvalue weighted by molar-refractivity contribution is 0.0951. The predicted octanol–water partition coefficient (Wildman–Crippen LogP) is 4.09. The van der Waals surface area contributed by atoms with E-state index in [1.54, 1.807) is 18.0 Å². The Hall–Kier alpha value is -2.67. The van der Waals surface area contributed by atoms with Crippen LogP contribution >= 0.6 is 11.3 Å². The summed E-state index contributed by atoms with van der Waals surface area (Å²) < 4.78 is 6.91. The molecule has 6 nitrogen and oxygen atoms in total. The first kappa shape index (κ1) is 19.1. The summed E-state index contributed by atoms with van der Waals surface area (Å²) in [5.41, 5.74) is 3.25. The van der Waals surface area contributed by atoms with Gasteiger partial charge in [0.25, 0.3) is 5.91 Å². The van der Waals surface area contributed by atoms with E-state index in [0.717, 1.165) is 34.3 Å². The van der Waals surface area contributed by atoms with Crippen LogP contribution in [0.25, 0.3) is 16.4 Å². The third-order valence-electron chi connectivity index (χ3n) is 4.32. The zero-order valence-corrected chi connectivity index (χ0v) is 16.8. The number of rotatable bonds is 7. The van der Waals surface area contributed by atoms with Gasteiger partial charge in [0.05, 0.1) is 30.3 Å². The number of benzene rings is 1. The Labute approximate surface area is 163 Å². The van der Waals surface area contributed by atoms with Crippen molar-refractivity contribution in [3.63, 3.8) is 0 Å². The van der Waals surface area contributed by atoms with Gasteiger partial charge in [0, 0.05) is 17.5 Å². The number of aromatic nitrogens is 3. The monoisotopic (exact) mass is 384 g/mol. The first-order valence-corrected chi connectivity index (χ1v) is 9.80. The number of hydrogen-bond donors (Lipinski definition) is 1. The molecule has 0 radical (unpaired) electrons. The van der Waals surface area contributed by atoms with Crippen molar-refractivity contribution in [2.45, 2.75) is 27.2 Å². The molecule has 2 heterocycles. The van der Waals surface area contributed by atoms with Crippen molar-refractivity contribution in [2.24, 2.45) is 5.92 Å². The summed E-state index contributed by atoms with van der Waals surface area (Å²) in [6.45, 7) is 6.83. The van der Waals surface area contributed by atoms with E-state index in [4.69, 9.17) is 4.74 Å². The molecule has 0 aliphatic carbocycles. The van der Waals surface area contributed by atoms with Crippen LogP contribution in [-0.4, -0.2) is 34.3 Å². The minimum absolute atomic E-state index is 0.0914. The molecule has 0 unspecified atom stereocenters. The third kappa shape index (κ3) is 4.36. The van der Waals surface area contributed by atoms with Crippen LogP contribution < -0.4 is 10.1 Å². The summed E-state index contributed by atoms with van der Waals surface area (Å²) in [6, 6.07) is 7.77. The second-order valence-electron chi connectivity index (χ2n) is 6.74. The second-order valence-corrected chi connectivity index (χ2v) is 7.57. The van der Waals surface area contributed by atoms with Crippen LogP contribution in [0.15, 0.2) is 35.8 Å². The van der Waals surface area contributed by atoms with Crippen molar-refractivity contribution in [1.82, 2.24) is 20.1 Å². The summed E-state index contributed by atoms with van der Waals surface area (Å²) in [7, 11) is 1.65. The Morgan fingerprint density at radius 1 is 1.30 bits per heavy atom. The van der Waals surface area contributed by atoms with Crippen molar-refractivity contribution in [2.75, 3.05) is 13.7 Å². The molecule has 1 aromatic carbocycles. The highest BCUT2D eigenvalue weighted by Gasteiger charge is 2.17. The molecule has 3 aromatic rings. The smallest absolute Gasteiger partial charge is 0.254 e. The zero-order chi connectivity index (χ0) is 19.4. The molecule has 3 rings (SSSR count). The highest BCUT2D eigenvalue weighted by atomic mass is 32.1. The average molecular weight is 385 g/mol. The summed E-state index contributed by atoms with van der Waals surface area (Å²) in [6.07, 6.45) is 2.56. The number of carbonyl (C=O) groups excluding carboxylic acids is 1. The largest absolute Gasteiger partial charge is 0.497 e. The topological polar surface area (TPSA) is 69.0 Å². The fourth-order valence-corrected chi connectivity index (χ4v) is 3.49. The lowest BCUT2D eigenvalue weighted by Gasteiger charge is -2.07. The van der Waals surface area contributed by atoms with Crippen molar-refractivity contribution >= 4 is 17.2 Å². The van der Waals surface area contributed by atoms with Gasteiger partial charge in [-0.3, -0.25) is 4.79 Å². The Kier molecular flexibility index (Phi) is 5.91. The maximum absolute atomic E-state index is 12.4. The van der Waals surface area contributed by atoms with Crippen LogP contribution in [-0.2, 0) is 0 Å². The van der Waals surface area contributed by atoms with Gasteiger partial charge in [-0.05, 0) is 43.5 Å². The van der Waals surface area contributed by atoms with Crippen LogP contribution in [0.5, 0.6) is 5.75 Å². The van der Waals surface area contributed by atoms with Gasteiger partial charge in [0.15, 0.2) is 0 Å². The Balaban J connectivity index is 1.76. The number of carbonyl (C=O) groups is 1. The number of hydrogen-bond acceptors (Lipinski definition) is 5. The standard InChI is InChI=1S/C20H24N4O2S/c1-13(2)9-10-21-19(25)17-11-22-24(14(17)3)20-23-18(12-27-20)15-5-7-16(26-4)8-6-15/h5-8,11-13H,9-10H2,1-4H3,(H,21,25). The number of methoxy groups -OCH3 is 1. The van der Waals surface area contributed by atoms with Gasteiger partial charge in [-0.1, -0.05) is 13.8 Å². The van der Waals surface area contributed by atoms with Crippen LogP contribution in [0.2, 0.25) is 0 Å². The highest BCUT2D eigenvalue weighted by Crippen LogP contribution is 2.26. The van der Waals surface area contributed by atoms with E-state index in [1.165, 1.54) is 11.3 Å². The van der Waals surface area contributed by atoms with E-state index < -0.39 is 0 Å². The summed E-state index contributed by atoms with van der Waals surface area (Å²) >= 11 is 1.49. The van der Waals surface area contributed by atoms with E-state index >= 15 is 0 Å². The van der Waals surface area contributed by atoms with Crippen molar-refractivity contribution in [3.05, 3.63) is 47.1 Å². The number of ether oxygens (including phenoxy) is 1. The molecule has 0 saturated heterocycles. The first-order chi connectivity index (χ1) is 13.0. The molecule has 0 aliphatic heterocycles. The highest BCUT2D eigenvalue weighted by molar-refractivity contribution is 7.12. The quantitative estimate of drug-likeness (QED) is 0.666. The number of thiazole rings is 1. The first-order valence-electron chi connectivity index (χ1n) is 8.92. The minimum atomic E-state index is -0.0914. The van der Waals surface area contributed by atoms with Crippen LogP contribution in [0.3, 0.4) is 0 Å². The van der Waals surface area contributed by atoms with Gasteiger partial charge >= 0.3 is 0 Å². The summed E-state index contributed by atoms with van der Waals surface area (Å²) in [4.78, 5) is 17.1. The number of nitrogens with zero attached hydrogens (tertiary/aromatic N) is 3. The molecule has 0 aliphatic rings. The van der Waals surface area contributed by atoms with E-state index in [0.29, 0.717) is 18.0 Å². The lowest BCUT2D eigenvalue weighted by atomic mass is 10.1. The molecule has 2 aromatic heterocycles. The Bertz CT molecular complexity index is 912. The summed E-state index contributed by atoms with van der Waals surface area (Å²) in [5.74, 6) is 1.28. The third-order valence-corrected chi connectivity index (χ3v) is 5.14. The normalized spacial score (nSPS) is 11.0. The minimum Gasteiger partial charge on any atom is -0.497 e. The molecule has 27 heavy (non-hydrogen) atoms. The number of amides is 1. The van der Waals surface area contributed by atoms with Crippen molar-refractivity contribution in [3.8, 4) is 22.1 Å². The molecule has 1 N–H and O–H groups in total. The molecular weight excluding hydrogens is 360 g/mol.